The fourth-order valence-electron chi connectivity index (χ4n) is 2.35. The minimum absolute atomic E-state index is 0.511. The van der Waals surface area contributed by atoms with Gasteiger partial charge in [0, 0.05) is 31.7 Å². The first-order valence-corrected chi connectivity index (χ1v) is 8.09. The number of rotatable bonds is 6. The van der Waals surface area contributed by atoms with Gasteiger partial charge in [-0.2, -0.15) is 15.1 Å². The van der Waals surface area contributed by atoms with Gasteiger partial charge in [-0.25, -0.2) is 0 Å². The van der Waals surface area contributed by atoms with Gasteiger partial charge in [0.05, 0.1) is 11.6 Å². The average Bonchev–Trinajstić information content (AvgIpc) is 2.95. The summed E-state index contributed by atoms with van der Waals surface area (Å²) in [6.45, 7) is 3.71. The fraction of sp³-hybridized carbons (Fsp3) is 0.312. The second-order valence-electron chi connectivity index (χ2n) is 5.55. The van der Waals surface area contributed by atoms with Crippen molar-refractivity contribution in [2.75, 3.05) is 23.7 Å². The predicted octanol–water partition coefficient (Wildman–Crippen LogP) is 2.31. The Morgan fingerprint density at radius 3 is 2.83 bits per heavy atom. The van der Waals surface area contributed by atoms with Gasteiger partial charge in [0.25, 0.3) is 0 Å². The highest BCUT2D eigenvalue weighted by molar-refractivity contribution is 6.31. The van der Waals surface area contributed by atoms with Crippen LogP contribution in [0.5, 0.6) is 0 Å². The molecule has 0 fully saturated rings. The van der Waals surface area contributed by atoms with E-state index < -0.39 is 0 Å². The van der Waals surface area contributed by atoms with E-state index in [-0.39, 0.29) is 0 Å². The normalized spacial score (nSPS) is 11.0. The van der Waals surface area contributed by atoms with Crippen molar-refractivity contribution < 1.29 is 0 Å². The molecule has 0 bridgehead atoms. The van der Waals surface area contributed by atoms with Crippen molar-refractivity contribution in [1.82, 2.24) is 19.7 Å². The molecular weight excluding hydrogens is 326 g/mol. The molecule has 1 aromatic carbocycles. The molecule has 0 saturated carbocycles. The fourth-order valence-corrected chi connectivity index (χ4v) is 2.56. The summed E-state index contributed by atoms with van der Waals surface area (Å²) in [5.41, 5.74) is 8.43. The summed E-state index contributed by atoms with van der Waals surface area (Å²) in [4.78, 5) is 9.01. The molecule has 0 radical (unpaired) electrons. The molecule has 0 amide bonds. The number of anilines is 2. The lowest BCUT2D eigenvalue weighted by Gasteiger charge is -2.10. The highest BCUT2D eigenvalue weighted by Crippen LogP contribution is 2.23. The number of nitrogens with one attached hydrogen (secondary N) is 2. The van der Waals surface area contributed by atoms with Crippen molar-refractivity contribution in [1.29, 1.82) is 0 Å². The summed E-state index contributed by atoms with van der Waals surface area (Å²) in [5, 5.41) is 12.3. The van der Waals surface area contributed by atoms with Crippen LogP contribution in [-0.2, 0) is 13.6 Å². The smallest absolute Gasteiger partial charge is 0.226 e. The van der Waals surface area contributed by atoms with Crippen molar-refractivity contribution in [2.24, 2.45) is 12.8 Å². The third-order valence-corrected chi connectivity index (χ3v) is 4.12. The SMILES string of the molecule is Cc1ccc(CNc2nc(NCCN)nc3c2cnn3C)cc1Cl. The molecule has 3 rings (SSSR count). The van der Waals surface area contributed by atoms with Crippen molar-refractivity contribution in [3.05, 3.63) is 40.5 Å². The molecule has 0 spiro atoms. The zero-order chi connectivity index (χ0) is 17.1. The van der Waals surface area contributed by atoms with Crippen molar-refractivity contribution in [3.63, 3.8) is 0 Å². The van der Waals surface area contributed by atoms with Crippen molar-refractivity contribution in [2.45, 2.75) is 13.5 Å². The van der Waals surface area contributed by atoms with Gasteiger partial charge in [0.1, 0.15) is 5.82 Å². The lowest BCUT2D eigenvalue weighted by atomic mass is 10.1. The second-order valence-corrected chi connectivity index (χ2v) is 5.96. The maximum atomic E-state index is 6.19. The molecule has 0 aliphatic carbocycles. The quantitative estimate of drug-likeness (QED) is 0.634. The molecule has 2 heterocycles. The van der Waals surface area contributed by atoms with E-state index in [0.717, 1.165) is 33.0 Å². The maximum Gasteiger partial charge on any atom is 0.226 e. The van der Waals surface area contributed by atoms with Crippen molar-refractivity contribution >= 4 is 34.4 Å². The first-order chi connectivity index (χ1) is 11.6. The molecule has 0 saturated heterocycles. The van der Waals surface area contributed by atoms with Crippen LogP contribution in [0.4, 0.5) is 11.8 Å². The van der Waals surface area contributed by atoms with Crippen LogP contribution in [0, 0.1) is 6.92 Å². The van der Waals surface area contributed by atoms with E-state index in [1.807, 2.05) is 32.2 Å². The van der Waals surface area contributed by atoms with E-state index in [1.54, 1.807) is 10.9 Å². The van der Waals surface area contributed by atoms with Gasteiger partial charge in [0.15, 0.2) is 5.65 Å². The van der Waals surface area contributed by atoms with Gasteiger partial charge in [-0.3, -0.25) is 4.68 Å². The molecule has 4 N–H and O–H groups in total. The van der Waals surface area contributed by atoms with Crippen LogP contribution in [0.25, 0.3) is 11.0 Å². The van der Waals surface area contributed by atoms with Crippen LogP contribution < -0.4 is 16.4 Å². The van der Waals surface area contributed by atoms with E-state index in [9.17, 15) is 0 Å². The predicted molar refractivity (Wildman–Crippen MR) is 97.4 cm³/mol. The number of benzene rings is 1. The Morgan fingerprint density at radius 1 is 1.25 bits per heavy atom. The summed E-state index contributed by atoms with van der Waals surface area (Å²) in [5.74, 6) is 1.25. The molecule has 7 nitrogen and oxygen atoms in total. The van der Waals surface area contributed by atoms with Gasteiger partial charge in [-0.1, -0.05) is 23.7 Å². The van der Waals surface area contributed by atoms with Gasteiger partial charge < -0.3 is 16.4 Å². The summed E-state index contributed by atoms with van der Waals surface area (Å²) in [6.07, 6.45) is 1.76. The van der Waals surface area contributed by atoms with E-state index >= 15 is 0 Å². The summed E-state index contributed by atoms with van der Waals surface area (Å²) in [6, 6.07) is 6.01. The third kappa shape index (κ3) is 3.42. The number of aryl methyl sites for hydroxylation is 2. The van der Waals surface area contributed by atoms with Crippen LogP contribution in [-0.4, -0.2) is 32.8 Å². The topological polar surface area (TPSA) is 93.7 Å². The third-order valence-electron chi connectivity index (χ3n) is 3.72. The molecule has 0 aliphatic heterocycles. The van der Waals surface area contributed by atoms with Gasteiger partial charge in [-0.15, -0.1) is 0 Å². The Morgan fingerprint density at radius 2 is 2.08 bits per heavy atom. The van der Waals surface area contributed by atoms with Crippen LogP contribution in [0.3, 0.4) is 0 Å². The zero-order valence-corrected chi connectivity index (χ0v) is 14.4. The largest absolute Gasteiger partial charge is 0.365 e. The molecule has 0 unspecified atom stereocenters. The highest BCUT2D eigenvalue weighted by Gasteiger charge is 2.11. The number of aromatic nitrogens is 4. The Labute approximate surface area is 145 Å². The average molecular weight is 346 g/mol. The number of halogens is 1. The van der Waals surface area contributed by atoms with Crippen LogP contribution in [0.2, 0.25) is 5.02 Å². The van der Waals surface area contributed by atoms with E-state index in [1.165, 1.54) is 0 Å². The van der Waals surface area contributed by atoms with Crippen LogP contribution in [0.1, 0.15) is 11.1 Å². The Kier molecular flexibility index (Phi) is 4.82. The number of hydrogen-bond donors (Lipinski definition) is 3. The Balaban J connectivity index is 1.88. The van der Waals surface area contributed by atoms with E-state index in [0.29, 0.717) is 25.6 Å². The van der Waals surface area contributed by atoms with Gasteiger partial charge >= 0.3 is 0 Å². The second kappa shape index (κ2) is 7.02. The number of fused-ring (bicyclic) bond motifs is 1. The minimum Gasteiger partial charge on any atom is -0.365 e. The molecular formula is C16H20ClN7. The lowest BCUT2D eigenvalue weighted by molar-refractivity contribution is 0.785. The molecule has 8 heteroatoms. The maximum absolute atomic E-state index is 6.19. The van der Waals surface area contributed by atoms with Gasteiger partial charge in [0.2, 0.25) is 5.95 Å². The number of hydrogen-bond acceptors (Lipinski definition) is 6. The summed E-state index contributed by atoms with van der Waals surface area (Å²) < 4.78 is 1.72. The standard InChI is InChI=1S/C16H20ClN7/c1-10-3-4-11(7-13(10)17)8-20-14-12-9-21-24(2)15(12)23-16(22-14)19-6-5-18/h3-4,7,9H,5-6,8,18H2,1-2H3,(H2,19,20,22,23). The Bertz CT molecular complexity index is 859. The van der Waals surface area contributed by atoms with Gasteiger partial charge in [-0.05, 0) is 24.1 Å². The lowest BCUT2D eigenvalue weighted by Crippen LogP contribution is -2.15. The first-order valence-electron chi connectivity index (χ1n) is 7.71. The first kappa shape index (κ1) is 16.5. The van der Waals surface area contributed by atoms with Crippen LogP contribution in [0.15, 0.2) is 24.4 Å². The van der Waals surface area contributed by atoms with Crippen LogP contribution >= 0.6 is 11.6 Å². The molecule has 0 aliphatic rings. The molecule has 0 atom stereocenters. The number of nitrogens with two attached hydrogens (primary N) is 1. The van der Waals surface area contributed by atoms with E-state index in [2.05, 4.69) is 25.7 Å². The Hall–Kier alpha value is -2.38. The monoisotopic (exact) mass is 345 g/mol. The minimum atomic E-state index is 0.511. The molecule has 2 aromatic heterocycles. The number of nitrogens with zero attached hydrogens (tertiary/aromatic N) is 4. The summed E-state index contributed by atoms with van der Waals surface area (Å²) in [7, 11) is 1.85. The molecule has 24 heavy (non-hydrogen) atoms. The molecule has 126 valence electrons. The summed E-state index contributed by atoms with van der Waals surface area (Å²) >= 11 is 6.19. The molecule has 3 aromatic rings. The van der Waals surface area contributed by atoms with Crippen molar-refractivity contribution in [3.8, 4) is 0 Å². The van der Waals surface area contributed by atoms with E-state index in [4.69, 9.17) is 17.3 Å². The zero-order valence-electron chi connectivity index (χ0n) is 13.7. The highest BCUT2D eigenvalue weighted by atomic mass is 35.5.